The van der Waals surface area contributed by atoms with Crippen molar-refractivity contribution in [3.05, 3.63) is 51.5 Å². The van der Waals surface area contributed by atoms with E-state index in [9.17, 15) is 9.18 Å². The zero-order chi connectivity index (χ0) is 17.3. The third kappa shape index (κ3) is 3.47. The summed E-state index contributed by atoms with van der Waals surface area (Å²) in [7, 11) is 0. The Bertz CT molecular complexity index is 818. The molecule has 3 rings (SSSR count). The van der Waals surface area contributed by atoms with Gasteiger partial charge in [-0.25, -0.2) is 4.39 Å². The van der Waals surface area contributed by atoms with Gasteiger partial charge in [-0.1, -0.05) is 11.8 Å². The van der Waals surface area contributed by atoms with Gasteiger partial charge in [0.05, 0.1) is 10.4 Å². The summed E-state index contributed by atoms with van der Waals surface area (Å²) in [5, 5.41) is 3.29. The highest BCUT2D eigenvalue weighted by molar-refractivity contribution is 8.13. The molecule has 0 saturated carbocycles. The summed E-state index contributed by atoms with van der Waals surface area (Å²) in [6.45, 7) is 3.81. The summed E-state index contributed by atoms with van der Waals surface area (Å²) in [4.78, 5) is 18.4. The van der Waals surface area contributed by atoms with Crippen molar-refractivity contribution in [3.8, 4) is 0 Å². The van der Waals surface area contributed by atoms with E-state index in [0.29, 0.717) is 27.7 Å². The number of rotatable bonds is 3. The second kappa shape index (κ2) is 6.57. The van der Waals surface area contributed by atoms with Gasteiger partial charge in [0, 0.05) is 21.9 Å². The SMILES string of the molecule is Cc1ccc(C(=O)Nc2ccc(F)c(C3(C)CCSC(N)=N3)c2)s1. The summed E-state index contributed by atoms with van der Waals surface area (Å²) in [6.07, 6.45) is 0.691. The van der Waals surface area contributed by atoms with Crippen LogP contribution in [0.1, 0.15) is 33.5 Å². The van der Waals surface area contributed by atoms with Crippen molar-refractivity contribution < 1.29 is 9.18 Å². The Kier molecular flexibility index (Phi) is 4.64. The molecule has 0 fully saturated rings. The lowest BCUT2D eigenvalue weighted by Crippen LogP contribution is -2.29. The van der Waals surface area contributed by atoms with E-state index in [1.807, 2.05) is 19.9 Å². The molecule has 3 N–H and O–H groups in total. The van der Waals surface area contributed by atoms with E-state index in [1.54, 1.807) is 18.2 Å². The van der Waals surface area contributed by atoms with Crippen molar-refractivity contribution in [1.29, 1.82) is 0 Å². The number of amides is 1. The Morgan fingerprint density at radius 3 is 2.83 bits per heavy atom. The first kappa shape index (κ1) is 17.0. The number of thioether (sulfide) groups is 1. The molecule has 1 aliphatic rings. The molecular weight excluding hydrogens is 345 g/mol. The van der Waals surface area contributed by atoms with Gasteiger partial charge in [0.2, 0.25) is 0 Å². The highest BCUT2D eigenvalue weighted by Gasteiger charge is 2.32. The van der Waals surface area contributed by atoms with Gasteiger partial charge in [-0.05, 0) is 50.6 Å². The largest absolute Gasteiger partial charge is 0.379 e. The van der Waals surface area contributed by atoms with Crippen LogP contribution in [-0.4, -0.2) is 16.8 Å². The van der Waals surface area contributed by atoms with Crippen molar-refractivity contribution in [3.63, 3.8) is 0 Å². The number of hydrogen-bond acceptors (Lipinski definition) is 5. The molecule has 0 saturated heterocycles. The molecule has 2 heterocycles. The average Bonchev–Trinajstić information content (AvgIpc) is 2.95. The third-order valence-corrected chi connectivity index (χ3v) is 5.76. The van der Waals surface area contributed by atoms with Crippen LogP contribution in [0.4, 0.5) is 10.1 Å². The van der Waals surface area contributed by atoms with Crippen molar-refractivity contribution >= 4 is 39.9 Å². The van der Waals surface area contributed by atoms with Crippen LogP contribution in [-0.2, 0) is 5.54 Å². The molecule has 4 nitrogen and oxygen atoms in total. The van der Waals surface area contributed by atoms with Gasteiger partial charge in [0.25, 0.3) is 5.91 Å². The highest BCUT2D eigenvalue weighted by Crippen LogP contribution is 2.37. The Labute approximate surface area is 148 Å². The van der Waals surface area contributed by atoms with Crippen LogP contribution < -0.4 is 11.1 Å². The Morgan fingerprint density at radius 2 is 2.17 bits per heavy atom. The summed E-state index contributed by atoms with van der Waals surface area (Å²) >= 11 is 2.90. The number of halogens is 1. The minimum Gasteiger partial charge on any atom is -0.379 e. The fourth-order valence-corrected chi connectivity index (χ4v) is 4.38. The molecule has 1 unspecified atom stereocenters. The van der Waals surface area contributed by atoms with Gasteiger partial charge < -0.3 is 11.1 Å². The Morgan fingerprint density at radius 1 is 1.38 bits per heavy atom. The normalized spacial score (nSPS) is 20.5. The number of benzene rings is 1. The van der Waals surface area contributed by atoms with E-state index in [1.165, 1.54) is 29.2 Å². The molecule has 0 spiro atoms. The maximum atomic E-state index is 14.4. The predicted octanol–water partition coefficient (Wildman–Crippen LogP) is 4.11. The zero-order valence-electron chi connectivity index (χ0n) is 13.4. The number of aryl methyl sites for hydroxylation is 1. The molecule has 24 heavy (non-hydrogen) atoms. The van der Waals surface area contributed by atoms with Gasteiger partial charge in [-0.3, -0.25) is 9.79 Å². The Balaban J connectivity index is 1.89. The molecule has 0 bridgehead atoms. The lowest BCUT2D eigenvalue weighted by Gasteiger charge is -2.30. The van der Waals surface area contributed by atoms with Gasteiger partial charge in [0.1, 0.15) is 5.82 Å². The fraction of sp³-hybridized carbons (Fsp3) is 0.294. The van der Waals surface area contributed by atoms with Crippen LogP contribution in [0.5, 0.6) is 0 Å². The van der Waals surface area contributed by atoms with E-state index in [4.69, 9.17) is 5.73 Å². The highest BCUT2D eigenvalue weighted by atomic mass is 32.2. The van der Waals surface area contributed by atoms with Gasteiger partial charge in [-0.15, -0.1) is 11.3 Å². The zero-order valence-corrected chi connectivity index (χ0v) is 15.1. The number of thiophene rings is 1. The maximum absolute atomic E-state index is 14.4. The minimum atomic E-state index is -0.709. The lowest BCUT2D eigenvalue weighted by atomic mass is 9.89. The number of anilines is 1. The summed E-state index contributed by atoms with van der Waals surface area (Å²) in [6, 6.07) is 8.26. The average molecular weight is 363 g/mol. The molecule has 1 aromatic carbocycles. The minimum absolute atomic E-state index is 0.196. The van der Waals surface area contributed by atoms with Crippen molar-refractivity contribution in [1.82, 2.24) is 0 Å². The van der Waals surface area contributed by atoms with Crippen LogP contribution in [0.25, 0.3) is 0 Å². The monoisotopic (exact) mass is 363 g/mol. The number of carbonyl (C=O) groups is 1. The molecule has 126 valence electrons. The molecule has 1 aromatic heterocycles. The molecule has 0 aliphatic carbocycles. The van der Waals surface area contributed by atoms with Crippen LogP contribution in [0.2, 0.25) is 0 Å². The molecular formula is C17H18FN3OS2. The number of nitrogens with one attached hydrogen (secondary N) is 1. The van der Waals surface area contributed by atoms with Crippen LogP contribution >= 0.6 is 23.1 Å². The number of nitrogens with two attached hydrogens (primary N) is 1. The summed E-state index contributed by atoms with van der Waals surface area (Å²) < 4.78 is 14.4. The number of aliphatic imine (C=N–C) groups is 1. The number of nitrogens with zero attached hydrogens (tertiary/aromatic N) is 1. The van der Waals surface area contributed by atoms with Crippen molar-refractivity contribution in [2.75, 3.05) is 11.1 Å². The fourth-order valence-electron chi connectivity index (χ4n) is 2.65. The topological polar surface area (TPSA) is 67.5 Å². The smallest absolute Gasteiger partial charge is 0.265 e. The summed E-state index contributed by atoms with van der Waals surface area (Å²) in [5.41, 5.74) is 6.11. The molecule has 1 atom stereocenters. The lowest BCUT2D eigenvalue weighted by molar-refractivity contribution is 0.103. The number of hydrogen-bond donors (Lipinski definition) is 2. The second-order valence-electron chi connectivity index (χ2n) is 5.88. The van der Waals surface area contributed by atoms with Crippen molar-refractivity contribution in [2.45, 2.75) is 25.8 Å². The molecule has 1 aliphatic heterocycles. The van der Waals surface area contributed by atoms with Gasteiger partial charge >= 0.3 is 0 Å². The van der Waals surface area contributed by atoms with Crippen LogP contribution in [0.3, 0.4) is 0 Å². The first-order chi connectivity index (χ1) is 11.4. The standard InChI is InChI=1S/C17H18FN3OS2/c1-10-3-6-14(24-10)15(22)20-11-4-5-13(18)12(9-11)17(2)7-8-23-16(19)21-17/h3-6,9H,7-8H2,1-2H3,(H2,19,21)(H,20,22). The molecule has 1 amide bonds. The van der Waals surface area contributed by atoms with E-state index in [-0.39, 0.29) is 11.7 Å². The van der Waals surface area contributed by atoms with Crippen LogP contribution in [0, 0.1) is 12.7 Å². The number of carbonyl (C=O) groups excluding carboxylic acids is 1. The maximum Gasteiger partial charge on any atom is 0.265 e. The van der Waals surface area contributed by atoms with Crippen molar-refractivity contribution in [2.24, 2.45) is 10.7 Å². The predicted molar refractivity (Wildman–Crippen MR) is 99.5 cm³/mol. The van der Waals surface area contributed by atoms with E-state index < -0.39 is 5.54 Å². The number of amidine groups is 1. The van der Waals surface area contributed by atoms with E-state index >= 15 is 0 Å². The van der Waals surface area contributed by atoms with E-state index in [0.717, 1.165) is 10.6 Å². The first-order valence-corrected chi connectivity index (χ1v) is 9.33. The first-order valence-electron chi connectivity index (χ1n) is 7.53. The van der Waals surface area contributed by atoms with Gasteiger partial charge in [0.15, 0.2) is 5.17 Å². The molecule has 0 radical (unpaired) electrons. The Hall–Kier alpha value is -1.86. The third-order valence-electron chi connectivity index (χ3n) is 3.96. The van der Waals surface area contributed by atoms with E-state index in [2.05, 4.69) is 10.3 Å². The van der Waals surface area contributed by atoms with Gasteiger partial charge in [-0.2, -0.15) is 0 Å². The molecule has 7 heteroatoms. The molecule has 2 aromatic rings. The quantitative estimate of drug-likeness (QED) is 0.862. The van der Waals surface area contributed by atoms with Crippen LogP contribution in [0.15, 0.2) is 35.3 Å². The summed E-state index contributed by atoms with van der Waals surface area (Å²) in [5.74, 6) is 0.250. The second-order valence-corrected chi connectivity index (χ2v) is 8.28.